The first kappa shape index (κ1) is 40.1. The fourth-order valence-electron chi connectivity index (χ4n) is 10.7. The van der Waals surface area contributed by atoms with Crippen LogP contribution < -0.4 is 0 Å². The molecule has 0 N–H and O–H groups in total. The molecule has 0 atom stereocenters. The molecular weight excluding hydrogens is 853 g/mol. The molecule has 6 heteroatoms. The van der Waals surface area contributed by atoms with E-state index in [9.17, 15) is 21.0 Å². The molecule has 0 saturated carbocycles. The molecule has 0 spiro atoms. The summed E-state index contributed by atoms with van der Waals surface area (Å²) in [6.45, 7) is 0. The van der Waals surface area contributed by atoms with Gasteiger partial charge in [-0.1, -0.05) is 97.1 Å². The number of fused-ring (bicyclic) bond motifs is 6. The zero-order valence-corrected chi connectivity index (χ0v) is 37.3. The quantitative estimate of drug-likeness (QED) is 0.172. The van der Waals surface area contributed by atoms with Crippen molar-refractivity contribution < 1.29 is 0 Å². The summed E-state index contributed by atoms with van der Waals surface area (Å²) in [5.41, 5.74) is 17.9. The second-order valence-electron chi connectivity index (χ2n) is 17.8. The third kappa shape index (κ3) is 6.31. The van der Waals surface area contributed by atoms with Crippen LogP contribution in [0.1, 0.15) is 22.3 Å². The van der Waals surface area contributed by atoms with Crippen molar-refractivity contribution in [3.63, 3.8) is 0 Å². The van der Waals surface area contributed by atoms with Crippen molar-refractivity contribution in [2.24, 2.45) is 0 Å². The van der Waals surface area contributed by atoms with Gasteiger partial charge in [0.25, 0.3) is 0 Å². The number of benzene rings is 10. The minimum Gasteiger partial charge on any atom is -0.309 e. The van der Waals surface area contributed by atoms with Crippen molar-refractivity contribution in [1.29, 1.82) is 21.0 Å². The Kier molecular flexibility index (Phi) is 8.98. The summed E-state index contributed by atoms with van der Waals surface area (Å²) in [4.78, 5) is 0. The minimum atomic E-state index is 0.482. The van der Waals surface area contributed by atoms with Gasteiger partial charge in [0.05, 0.1) is 80.0 Å². The Bertz CT molecular complexity index is 4030. The Hall–Kier alpha value is -10.2. The van der Waals surface area contributed by atoms with E-state index in [0.717, 1.165) is 122 Å². The number of rotatable bonds is 2. The molecule has 16 rings (SSSR count). The normalized spacial score (nSPS) is 11.4. The molecule has 6 nitrogen and oxygen atoms in total. The maximum absolute atomic E-state index is 10.7. The van der Waals surface area contributed by atoms with Crippen LogP contribution in [0.5, 0.6) is 0 Å². The van der Waals surface area contributed by atoms with E-state index in [-0.39, 0.29) is 0 Å². The van der Waals surface area contributed by atoms with Crippen molar-refractivity contribution in [3.8, 4) is 102 Å². The van der Waals surface area contributed by atoms with Gasteiger partial charge in [-0.2, -0.15) is 21.0 Å². The SMILES string of the molecule is N#Cc1cc2cc(c1)-c1ccc(c(-n3c4ccccc4c4ccccc43)c1)-c1cc(C#N)cc(c1)-c1cc(C#N)cc(c1)-c1ccc(cc1-n1c3ccccc3c3ccccc31)-c1cc(C#N)cc-2c1. The van der Waals surface area contributed by atoms with Crippen LogP contribution in [0, 0.1) is 45.3 Å². The molecule has 0 aliphatic heterocycles. The zero-order chi connectivity index (χ0) is 47.0. The number of para-hydroxylation sites is 4. The fourth-order valence-corrected chi connectivity index (χ4v) is 10.7. The van der Waals surface area contributed by atoms with Crippen molar-refractivity contribution in [1.82, 2.24) is 9.13 Å². The van der Waals surface area contributed by atoms with Crippen molar-refractivity contribution >= 4 is 43.6 Å². The van der Waals surface area contributed by atoms with Crippen molar-refractivity contribution in [3.05, 3.63) is 229 Å². The molecule has 0 radical (unpaired) electrons. The van der Waals surface area contributed by atoms with Crippen LogP contribution >= 0.6 is 0 Å². The monoisotopic (exact) mass is 886 g/mol. The first-order valence-corrected chi connectivity index (χ1v) is 22.9. The van der Waals surface area contributed by atoms with Crippen LogP contribution in [0.3, 0.4) is 0 Å². The van der Waals surface area contributed by atoms with E-state index in [0.29, 0.717) is 22.3 Å². The molecule has 320 valence electrons. The van der Waals surface area contributed by atoms with Gasteiger partial charge in [0.1, 0.15) is 0 Å². The van der Waals surface area contributed by atoms with Crippen molar-refractivity contribution in [2.75, 3.05) is 0 Å². The molecule has 10 aromatic carbocycles. The predicted octanol–water partition coefficient (Wildman–Crippen LogP) is 15.7. The van der Waals surface area contributed by atoms with E-state index in [4.69, 9.17) is 0 Å². The smallest absolute Gasteiger partial charge is 0.0992 e. The number of hydrogen-bond donors (Lipinski definition) is 0. The van der Waals surface area contributed by atoms with Crippen LogP contribution in [-0.2, 0) is 0 Å². The second-order valence-corrected chi connectivity index (χ2v) is 17.8. The van der Waals surface area contributed by atoms with E-state index in [1.807, 2.05) is 48.5 Å². The van der Waals surface area contributed by atoms with Gasteiger partial charge in [0.15, 0.2) is 0 Å². The molecule has 0 fully saturated rings. The lowest BCUT2D eigenvalue weighted by molar-refractivity contribution is 1.18. The van der Waals surface area contributed by atoms with Gasteiger partial charge in [-0.05, 0) is 165 Å². The number of hydrogen-bond acceptors (Lipinski definition) is 4. The minimum absolute atomic E-state index is 0.482. The van der Waals surface area contributed by atoms with Gasteiger partial charge in [-0.3, -0.25) is 0 Å². The number of nitriles is 4. The average molecular weight is 887 g/mol. The van der Waals surface area contributed by atoms with Gasteiger partial charge in [-0.15, -0.1) is 0 Å². The Morgan fingerprint density at radius 2 is 0.500 bits per heavy atom. The summed E-state index contributed by atoms with van der Waals surface area (Å²) in [6.07, 6.45) is 0. The van der Waals surface area contributed by atoms with E-state index in [1.54, 1.807) is 0 Å². The topological polar surface area (TPSA) is 105 Å². The first-order chi connectivity index (χ1) is 34.5. The van der Waals surface area contributed by atoms with Gasteiger partial charge in [0, 0.05) is 32.7 Å². The lowest BCUT2D eigenvalue weighted by Gasteiger charge is -2.19. The highest BCUT2D eigenvalue weighted by Crippen LogP contribution is 2.44. The van der Waals surface area contributed by atoms with E-state index in [2.05, 4.69) is 191 Å². The Labute approximate surface area is 402 Å². The molecule has 70 heavy (non-hydrogen) atoms. The first-order valence-electron chi connectivity index (χ1n) is 22.9. The van der Waals surface area contributed by atoms with E-state index < -0.39 is 0 Å². The highest BCUT2D eigenvalue weighted by Gasteiger charge is 2.22. The Balaban J connectivity index is 1.17. The molecule has 4 aliphatic rings. The van der Waals surface area contributed by atoms with E-state index in [1.165, 1.54) is 0 Å². The Morgan fingerprint density at radius 3 is 0.800 bits per heavy atom. The number of aromatic nitrogens is 2. The molecular formula is C64H34N6. The zero-order valence-electron chi connectivity index (χ0n) is 37.3. The van der Waals surface area contributed by atoms with Crippen LogP contribution in [0.2, 0.25) is 0 Å². The third-order valence-electron chi connectivity index (χ3n) is 13.8. The van der Waals surface area contributed by atoms with Crippen LogP contribution in [-0.4, -0.2) is 9.13 Å². The lowest BCUT2D eigenvalue weighted by Crippen LogP contribution is -2.00. The molecule has 0 saturated heterocycles. The molecule has 2 heterocycles. The Morgan fingerprint density at radius 1 is 0.243 bits per heavy atom. The summed E-state index contributed by atoms with van der Waals surface area (Å²) in [5.74, 6) is 0. The van der Waals surface area contributed by atoms with Crippen LogP contribution in [0.4, 0.5) is 0 Å². The molecule has 12 aromatic rings. The summed E-state index contributed by atoms with van der Waals surface area (Å²) >= 11 is 0. The average Bonchev–Trinajstić information content (AvgIpc) is 3.95. The molecule has 0 amide bonds. The van der Waals surface area contributed by atoms with Gasteiger partial charge in [-0.25, -0.2) is 0 Å². The van der Waals surface area contributed by atoms with Crippen LogP contribution in [0.15, 0.2) is 206 Å². The van der Waals surface area contributed by atoms with Gasteiger partial charge in [0.2, 0.25) is 0 Å². The number of nitrogens with zero attached hydrogens (tertiary/aromatic N) is 6. The summed E-state index contributed by atoms with van der Waals surface area (Å²) < 4.78 is 4.58. The molecule has 12 bridgehead atoms. The molecule has 2 aromatic heterocycles. The lowest BCUT2D eigenvalue weighted by atomic mass is 9.89. The van der Waals surface area contributed by atoms with E-state index >= 15 is 0 Å². The standard InChI is InChI=1S/C64H34N6/c65-35-39-21-45-29-47(23-39)48-24-40(36-66)22-46(30-48)44-18-20-54(64(34-44)70-61-15-7-3-11-57(61)58-12-4-8-16-62(58)70)52-28-42(38-68)26-50(32-52)49-25-41(37-67)27-51(31-49)53-19-17-43(45)33-63(53)69-59-13-5-1-9-55(59)56-10-2-6-14-60(56)69/h1-34H. The van der Waals surface area contributed by atoms with Gasteiger partial charge >= 0.3 is 0 Å². The fraction of sp³-hybridized carbons (Fsp3) is 0. The second kappa shape index (κ2) is 15.7. The predicted molar refractivity (Wildman–Crippen MR) is 280 cm³/mol. The molecule has 0 unspecified atom stereocenters. The van der Waals surface area contributed by atoms with Crippen LogP contribution in [0.25, 0.3) is 122 Å². The highest BCUT2D eigenvalue weighted by molar-refractivity contribution is 6.11. The largest absolute Gasteiger partial charge is 0.309 e. The highest BCUT2D eigenvalue weighted by atomic mass is 15.0. The maximum Gasteiger partial charge on any atom is 0.0992 e. The van der Waals surface area contributed by atoms with Gasteiger partial charge < -0.3 is 9.13 Å². The molecule has 4 aliphatic carbocycles. The van der Waals surface area contributed by atoms with Crippen molar-refractivity contribution in [2.45, 2.75) is 0 Å². The summed E-state index contributed by atoms with van der Waals surface area (Å²) in [6, 6.07) is 79.8. The summed E-state index contributed by atoms with van der Waals surface area (Å²) in [5, 5.41) is 47.0. The third-order valence-corrected chi connectivity index (χ3v) is 13.8. The maximum atomic E-state index is 10.7. The summed E-state index contributed by atoms with van der Waals surface area (Å²) in [7, 11) is 0.